The smallest absolute Gasteiger partial charge is 0.117 e. The summed E-state index contributed by atoms with van der Waals surface area (Å²) in [5, 5.41) is 0. The molecule has 0 saturated heterocycles. The van der Waals surface area contributed by atoms with E-state index in [1.54, 1.807) is 0 Å². The molecule has 3 nitrogen and oxygen atoms in total. The van der Waals surface area contributed by atoms with Crippen LogP contribution in [-0.2, 0) is 5.41 Å². The van der Waals surface area contributed by atoms with Crippen molar-refractivity contribution in [1.29, 1.82) is 0 Å². The minimum atomic E-state index is 0.0233. The van der Waals surface area contributed by atoms with E-state index in [0.29, 0.717) is 12.6 Å². The van der Waals surface area contributed by atoms with Crippen molar-refractivity contribution in [2.45, 2.75) is 57.9 Å². The van der Waals surface area contributed by atoms with Crippen LogP contribution in [0.5, 0.6) is 0 Å². The Morgan fingerprint density at radius 3 is 2.55 bits per heavy atom. The lowest BCUT2D eigenvalue weighted by Gasteiger charge is -2.30. The second-order valence-corrected chi connectivity index (χ2v) is 6.22. The molecular weight excluding hydrogens is 246 g/mol. The zero-order valence-corrected chi connectivity index (χ0v) is 12.8. The van der Waals surface area contributed by atoms with Gasteiger partial charge in [-0.2, -0.15) is 0 Å². The Hall–Kier alpha value is -1.35. The van der Waals surface area contributed by atoms with Crippen LogP contribution < -0.4 is 5.73 Å². The molecule has 0 radical (unpaired) electrons. The first-order valence-corrected chi connectivity index (χ1v) is 7.84. The quantitative estimate of drug-likeness (QED) is 0.901. The molecule has 3 rings (SSSR count). The number of hydrogen-bond donors (Lipinski definition) is 1. The summed E-state index contributed by atoms with van der Waals surface area (Å²) in [6, 6.07) is 7.26. The number of nitrogens with zero attached hydrogens (tertiary/aromatic N) is 2. The minimum absolute atomic E-state index is 0.0233. The molecule has 1 aliphatic rings. The predicted molar refractivity (Wildman–Crippen MR) is 84.1 cm³/mol. The van der Waals surface area contributed by atoms with Gasteiger partial charge >= 0.3 is 0 Å². The van der Waals surface area contributed by atoms with Gasteiger partial charge in [-0.1, -0.05) is 19.9 Å². The van der Waals surface area contributed by atoms with Gasteiger partial charge in [0.15, 0.2) is 0 Å². The van der Waals surface area contributed by atoms with Gasteiger partial charge in [0, 0.05) is 18.0 Å². The topological polar surface area (TPSA) is 43.8 Å². The van der Waals surface area contributed by atoms with E-state index in [1.807, 2.05) is 0 Å². The summed E-state index contributed by atoms with van der Waals surface area (Å²) in [5.74, 6) is 1.22. The zero-order valence-electron chi connectivity index (χ0n) is 12.8. The average Bonchev–Trinajstić information content (AvgIpc) is 3.23. The standard InChI is InChI=1S/C17H25N3/c1-4-17(5-2,11-18)16-19-14-10-12(3)6-9-15(14)20(16)13-7-8-13/h6,9-10,13H,4-5,7-8,11,18H2,1-3H3. The van der Waals surface area contributed by atoms with Gasteiger partial charge in [-0.3, -0.25) is 0 Å². The summed E-state index contributed by atoms with van der Waals surface area (Å²) in [6.45, 7) is 7.27. The maximum absolute atomic E-state index is 6.15. The molecule has 1 fully saturated rings. The van der Waals surface area contributed by atoms with Crippen molar-refractivity contribution in [3.63, 3.8) is 0 Å². The third-order valence-corrected chi connectivity index (χ3v) is 4.98. The molecule has 3 heteroatoms. The Morgan fingerprint density at radius 1 is 1.30 bits per heavy atom. The normalized spacial score (nSPS) is 16.0. The molecule has 1 heterocycles. The van der Waals surface area contributed by atoms with Gasteiger partial charge < -0.3 is 10.3 Å². The maximum atomic E-state index is 6.15. The highest BCUT2D eigenvalue weighted by molar-refractivity contribution is 5.77. The van der Waals surface area contributed by atoms with E-state index in [-0.39, 0.29) is 5.41 Å². The number of nitrogens with two attached hydrogens (primary N) is 1. The molecule has 2 aromatic rings. The van der Waals surface area contributed by atoms with Gasteiger partial charge in [0.05, 0.1) is 11.0 Å². The largest absolute Gasteiger partial charge is 0.329 e. The fourth-order valence-corrected chi connectivity index (χ4v) is 3.23. The minimum Gasteiger partial charge on any atom is -0.329 e. The Labute approximate surface area is 121 Å². The maximum Gasteiger partial charge on any atom is 0.117 e. The van der Waals surface area contributed by atoms with Crippen molar-refractivity contribution < 1.29 is 0 Å². The molecule has 1 saturated carbocycles. The van der Waals surface area contributed by atoms with E-state index in [2.05, 4.69) is 43.5 Å². The summed E-state index contributed by atoms with van der Waals surface area (Å²) in [4.78, 5) is 5.00. The van der Waals surface area contributed by atoms with Crippen molar-refractivity contribution in [2.75, 3.05) is 6.54 Å². The first-order valence-electron chi connectivity index (χ1n) is 7.84. The van der Waals surface area contributed by atoms with E-state index in [4.69, 9.17) is 10.7 Å². The van der Waals surface area contributed by atoms with Gasteiger partial charge in [-0.15, -0.1) is 0 Å². The average molecular weight is 271 g/mol. The van der Waals surface area contributed by atoms with E-state index >= 15 is 0 Å². The fraction of sp³-hybridized carbons (Fsp3) is 0.588. The summed E-state index contributed by atoms with van der Waals surface area (Å²) < 4.78 is 2.48. The molecule has 0 bridgehead atoms. The van der Waals surface area contributed by atoms with Gasteiger partial charge in [0.25, 0.3) is 0 Å². The zero-order chi connectivity index (χ0) is 14.3. The Balaban J connectivity index is 2.26. The van der Waals surface area contributed by atoms with Gasteiger partial charge in [0.2, 0.25) is 0 Å². The molecule has 20 heavy (non-hydrogen) atoms. The highest BCUT2D eigenvalue weighted by Crippen LogP contribution is 2.43. The summed E-state index contributed by atoms with van der Waals surface area (Å²) >= 11 is 0. The van der Waals surface area contributed by atoms with Crippen molar-refractivity contribution in [2.24, 2.45) is 5.73 Å². The number of fused-ring (bicyclic) bond motifs is 1. The SMILES string of the molecule is CCC(CC)(CN)c1nc2cc(C)ccc2n1C1CC1. The van der Waals surface area contributed by atoms with Crippen molar-refractivity contribution in [3.05, 3.63) is 29.6 Å². The molecule has 2 N–H and O–H groups in total. The Bertz CT molecular complexity index is 610. The number of rotatable bonds is 5. The van der Waals surface area contributed by atoms with E-state index in [0.717, 1.165) is 18.4 Å². The number of benzene rings is 1. The highest BCUT2D eigenvalue weighted by atomic mass is 15.1. The summed E-state index contributed by atoms with van der Waals surface area (Å²) in [5.41, 5.74) is 9.86. The van der Waals surface area contributed by atoms with Gasteiger partial charge in [-0.05, 0) is 50.3 Å². The molecule has 108 valence electrons. The first-order chi connectivity index (χ1) is 9.65. The number of imidazole rings is 1. The lowest BCUT2D eigenvalue weighted by Crippen LogP contribution is -2.36. The van der Waals surface area contributed by atoms with E-state index in [1.165, 1.54) is 29.7 Å². The number of hydrogen-bond acceptors (Lipinski definition) is 2. The number of aromatic nitrogens is 2. The monoisotopic (exact) mass is 271 g/mol. The third-order valence-electron chi connectivity index (χ3n) is 4.98. The molecule has 0 unspecified atom stereocenters. The lowest BCUT2D eigenvalue weighted by atomic mass is 9.81. The molecule has 0 amide bonds. The van der Waals surface area contributed by atoms with Crippen LogP contribution in [0, 0.1) is 6.92 Å². The third kappa shape index (κ3) is 1.96. The van der Waals surface area contributed by atoms with Crippen LogP contribution in [0.2, 0.25) is 0 Å². The summed E-state index contributed by atoms with van der Waals surface area (Å²) in [7, 11) is 0. The molecule has 0 aliphatic heterocycles. The summed E-state index contributed by atoms with van der Waals surface area (Å²) in [6.07, 6.45) is 4.66. The van der Waals surface area contributed by atoms with Crippen molar-refractivity contribution in [3.8, 4) is 0 Å². The van der Waals surface area contributed by atoms with Crippen LogP contribution in [0.3, 0.4) is 0 Å². The fourth-order valence-electron chi connectivity index (χ4n) is 3.23. The van der Waals surface area contributed by atoms with Crippen LogP contribution >= 0.6 is 0 Å². The van der Waals surface area contributed by atoms with Gasteiger partial charge in [0.1, 0.15) is 5.82 Å². The predicted octanol–water partition coefficient (Wildman–Crippen LogP) is 3.70. The van der Waals surface area contributed by atoms with Crippen molar-refractivity contribution in [1.82, 2.24) is 9.55 Å². The van der Waals surface area contributed by atoms with Gasteiger partial charge in [-0.25, -0.2) is 4.98 Å². The van der Waals surface area contributed by atoms with Crippen LogP contribution in [0.25, 0.3) is 11.0 Å². The van der Waals surface area contributed by atoms with E-state index < -0.39 is 0 Å². The van der Waals surface area contributed by atoms with Crippen LogP contribution in [0.4, 0.5) is 0 Å². The molecule has 0 spiro atoms. The molecule has 1 aromatic carbocycles. The Kier molecular flexibility index (Phi) is 3.33. The van der Waals surface area contributed by atoms with Crippen molar-refractivity contribution >= 4 is 11.0 Å². The lowest BCUT2D eigenvalue weighted by molar-refractivity contribution is 0.368. The molecule has 1 aliphatic carbocycles. The van der Waals surface area contributed by atoms with Crippen LogP contribution in [0.15, 0.2) is 18.2 Å². The molecule has 0 atom stereocenters. The molecular formula is C17H25N3. The first kappa shape index (κ1) is 13.6. The van der Waals surface area contributed by atoms with Crippen LogP contribution in [-0.4, -0.2) is 16.1 Å². The second-order valence-electron chi connectivity index (χ2n) is 6.22. The highest BCUT2D eigenvalue weighted by Gasteiger charge is 2.37. The second kappa shape index (κ2) is 4.88. The van der Waals surface area contributed by atoms with Crippen LogP contribution in [0.1, 0.15) is 57.0 Å². The number of aryl methyl sites for hydroxylation is 1. The molecule has 1 aromatic heterocycles. The van der Waals surface area contributed by atoms with E-state index in [9.17, 15) is 0 Å². The Morgan fingerprint density at radius 2 is 2.00 bits per heavy atom.